The SMILES string of the molecule is [NH]S(=O)(=O)CCCO. The third-order valence-corrected chi connectivity index (χ3v) is 1.40. The molecule has 0 aliphatic rings. The highest BCUT2D eigenvalue weighted by Gasteiger charge is 2.00. The lowest BCUT2D eigenvalue weighted by molar-refractivity contribution is 0.295. The van der Waals surface area contributed by atoms with E-state index in [1.165, 1.54) is 0 Å². The smallest absolute Gasteiger partial charge is 0.225 e. The molecule has 1 radical (unpaired) electrons. The maximum absolute atomic E-state index is 9.95. The highest BCUT2D eigenvalue weighted by Crippen LogP contribution is 1.83. The molecule has 0 fully saturated rings. The van der Waals surface area contributed by atoms with Gasteiger partial charge in [0.05, 0.1) is 5.75 Å². The Morgan fingerprint density at radius 2 is 2.00 bits per heavy atom. The van der Waals surface area contributed by atoms with Gasteiger partial charge in [-0.3, -0.25) is 0 Å². The summed E-state index contributed by atoms with van der Waals surface area (Å²) in [5.41, 5.74) is 0. The molecule has 0 heterocycles. The summed E-state index contributed by atoms with van der Waals surface area (Å²) in [4.78, 5) is 0. The Bertz CT molecular complexity index is 139. The highest BCUT2D eigenvalue weighted by molar-refractivity contribution is 7.88. The zero-order valence-electron chi connectivity index (χ0n) is 4.29. The summed E-state index contributed by atoms with van der Waals surface area (Å²) in [5.74, 6) is -0.247. The van der Waals surface area contributed by atoms with Crippen LogP contribution in [0.3, 0.4) is 0 Å². The van der Waals surface area contributed by atoms with Crippen molar-refractivity contribution >= 4 is 10.0 Å². The van der Waals surface area contributed by atoms with Gasteiger partial charge in [-0.05, 0) is 6.42 Å². The lowest BCUT2D eigenvalue weighted by Crippen LogP contribution is -2.06. The van der Waals surface area contributed by atoms with E-state index in [2.05, 4.69) is 0 Å². The minimum Gasteiger partial charge on any atom is -0.396 e. The Hall–Kier alpha value is -0.130. The van der Waals surface area contributed by atoms with Crippen molar-refractivity contribution in [3.63, 3.8) is 0 Å². The van der Waals surface area contributed by atoms with Crippen LogP contribution in [0.4, 0.5) is 0 Å². The normalized spacial score (nSPS) is 11.8. The molecule has 2 N–H and O–H groups in total. The minimum absolute atomic E-state index is 0.159. The maximum Gasteiger partial charge on any atom is 0.225 e. The van der Waals surface area contributed by atoms with Crippen molar-refractivity contribution in [1.29, 1.82) is 0 Å². The molecule has 0 saturated carbocycles. The van der Waals surface area contributed by atoms with Crippen LogP contribution in [0.5, 0.6) is 0 Å². The molecule has 0 bridgehead atoms. The first-order valence-corrected chi connectivity index (χ1v) is 3.79. The van der Waals surface area contributed by atoms with Gasteiger partial charge in [-0.15, -0.1) is 5.14 Å². The minimum atomic E-state index is -3.60. The molecule has 0 spiro atoms. The van der Waals surface area contributed by atoms with Crippen molar-refractivity contribution in [3.8, 4) is 0 Å². The predicted molar refractivity (Wildman–Crippen MR) is 28.6 cm³/mol. The molecule has 0 aliphatic heterocycles. The summed E-state index contributed by atoms with van der Waals surface area (Å²) in [6.07, 6.45) is 0.159. The Kier molecular flexibility index (Phi) is 2.96. The second-order valence-corrected chi connectivity index (χ2v) is 3.03. The highest BCUT2D eigenvalue weighted by atomic mass is 32.2. The number of nitrogens with one attached hydrogen (secondary N) is 1. The number of hydrogen-bond acceptors (Lipinski definition) is 3. The first-order chi connectivity index (χ1) is 3.56. The molecule has 0 unspecified atom stereocenters. The fourth-order valence-corrected chi connectivity index (χ4v) is 0.764. The van der Waals surface area contributed by atoms with E-state index in [9.17, 15) is 8.42 Å². The van der Waals surface area contributed by atoms with E-state index < -0.39 is 10.0 Å². The molecule has 0 saturated heterocycles. The zero-order valence-corrected chi connectivity index (χ0v) is 5.11. The van der Waals surface area contributed by atoms with Crippen LogP contribution in [0.25, 0.3) is 0 Å². The van der Waals surface area contributed by atoms with Crippen LogP contribution < -0.4 is 5.14 Å². The van der Waals surface area contributed by atoms with Crippen LogP contribution in [0.15, 0.2) is 0 Å². The zero-order chi connectivity index (χ0) is 6.62. The van der Waals surface area contributed by atoms with Gasteiger partial charge in [0.2, 0.25) is 10.0 Å². The lowest BCUT2D eigenvalue weighted by atomic mass is 10.5. The van der Waals surface area contributed by atoms with E-state index in [1.54, 1.807) is 0 Å². The summed E-state index contributed by atoms with van der Waals surface area (Å²) < 4.78 is 19.9. The fourth-order valence-electron chi connectivity index (χ4n) is 0.255. The first kappa shape index (κ1) is 7.87. The van der Waals surface area contributed by atoms with E-state index >= 15 is 0 Å². The van der Waals surface area contributed by atoms with Gasteiger partial charge in [-0.1, -0.05) is 0 Å². The van der Waals surface area contributed by atoms with E-state index in [4.69, 9.17) is 10.2 Å². The van der Waals surface area contributed by atoms with Crippen LogP contribution in [0, 0.1) is 0 Å². The predicted octanol–water partition coefficient (Wildman–Crippen LogP) is -1.02. The van der Waals surface area contributed by atoms with Crippen molar-refractivity contribution in [2.24, 2.45) is 0 Å². The number of aliphatic hydroxyl groups is 1. The fraction of sp³-hybridized carbons (Fsp3) is 1.00. The number of sulfonamides is 1. The van der Waals surface area contributed by atoms with Crippen LogP contribution in [-0.2, 0) is 10.0 Å². The number of aliphatic hydroxyl groups excluding tert-OH is 1. The van der Waals surface area contributed by atoms with Gasteiger partial charge in [0.25, 0.3) is 0 Å². The summed E-state index contributed by atoms with van der Waals surface area (Å²) in [6.45, 7) is -0.169. The summed E-state index contributed by atoms with van der Waals surface area (Å²) in [5, 5.41) is 14.4. The molecule has 4 nitrogen and oxygen atoms in total. The van der Waals surface area contributed by atoms with Gasteiger partial charge >= 0.3 is 0 Å². The molecule has 0 atom stereocenters. The summed E-state index contributed by atoms with van der Waals surface area (Å²) in [7, 11) is -3.60. The second kappa shape index (κ2) is 3.01. The maximum atomic E-state index is 9.95. The molecule has 0 aliphatic carbocycles. The largest absolute Gasteiger partial charge is 0.396 e. The Morgan fingerprint density at radius 3 is 2.12 bits per heavy atom. The molecular weight excluding hydrogens is 130 g/mol. The molecule has 0 rings (SSSR count). The van der Waals surface area contributed by atoms with E-state index in [0.29, 0.717) is 0 Å². The Morgan fingerprint density at radius 1 is 1.50 bits per heavy atom. The average Bonchev–Trinajstić information content (AvgIpc) is 1.59. The van der Waals surface area contributed by atoms with Gasteiger partial charge < -0.3 is 5.11 Å². The van der Waals surface area contributed by atoms with Crippen molar-refractivity contribution in [2.45, 2.75) is 6.42 Å². The van der Waals surface area contributed by atoms with Gasteiger partial charge in [-0.25, -0.2) is 8.42 Å². The van der Waals surface area contributed by atoms with Gasteiger partial charge in [0.1, 0.15) is 0 Å². The molecule has 0 amide bonds. The van der Waals surface area contributed by atoms with Gasteiger partial charge in [-0.2, -0.15) is 0 Å². The standard InChI is InChI=1S/C3H8NO3S/c4-8(6,7)3-1-2-5/h4-5H,1-3H2. The van der Waals surface area contributed by atoms with Crippen molar-refractivity contribution in [3.05, 3.63) is 0 Å². The van der Waals surface area contributed by atoms with Crippen molar-refractivity contribution < 1.29 is 13.5 Å². The summed E-state index contributed by atoms with van der Waals surface area (Å²) in [6, 6.07) is 0. The van der Waals surface area contributed by atoms with Crippen LogP contribution in [-0.4, -0.2) is 25.9 Å². The number of rotatable bonds is 3. The average molecular weight is 138 g/mol. The molecule has 5 heteroatoms. The van der Waals surface area contributed by atoms with Crippen LogP contribution in [0.1, 0.15) is 6.42 Å². The number of hydrogen-bond donors (Lipinski definition) is 1. The van der Waals surface area contributed by atoms with Crippen LogP contribution >= 0.6 is 0 Å². The molecule has 49 valence electrons. The quantitative estimate of drug-likeness (QED) is 0.542. The van der Waals surface area contributed by atoms with Crippen molar-refractivity contribution in [1.82, 2.24) is 5.14 Å². The van der Waals surface area contributed by atoms with Crippen LogP contribution in [0.2, 0.25) is 0 Å². The van der Waals surface area contributed by atoms with E-state index in [-0.39, 0.29) is 18.8 Å². The molecular formula is C3H8NO3S. The Balaban J connectivity index is 3.42. The molecule has 0 aromatic carbocycles. The monoisotopic (exact) mass is 138 g/mol. The second-order valence-electron chi connectivity index (χ2n) is 1.40. The van der Waals surface area contributed by atoms with Gasteiger partial charge in [0.15, 0.2) is 0 Å². The third-order valence-electron chi connectivity index (χ3n) is 0.571. The summed E-state index contributed by atoms with van der Waals surface area (Å²) >= 11 is 0. The lowest BCUT2D eigenvalue weighted by Gasteiger charge is -1.89. The molecule has 0 aromatic rings. The topological polar surface area (TPSA) is 78.2 Å². The molecule has 8 heavy (non-hydrogen) atoms. The molecule has 0 aromatic heterocycles. The van der Waals surface area contributed by atoms with E-state index in [0.717, 1.165) is 0 Å². The third kappa shape index (κ3) is 5.87. The van der Waals surface area contributed by atoms with Gasteiger partial charge in [0, 0.05) is 6.61 Å². The Labute approximate surface area is 48.4 Å². The van der Waals surface area contributed by atoms with E-state index in [1.807, 2.05) is 0 Å². The van der Waals surface area contributed by atoms with Crippen molar-refractivity contribution in [2.75, 3.05) is 12.4 Å². The first-order valence-electron chi connectivity index (χ1n) is 2.14.